The molecule has 0 radical (unpaired) electrons. The monoisotopic (exact) mass is 287 g/mol. The molecule has 0 bridgehead atoms. The number of aryl methyl sites for hydroxylation is 3. The number of benzene rings is 1. The van der Waals surface area contributed by atoms with Crippen molar-refractivity contribution in [3.05, 3.63) is 50.7 Å². The molecule has 2 aromatic rings. The first-order chi connectivity index (χ1) is 9.76. The largest absolute Gasteiger partial charge is 0.496 e. The Balaban J connectivity index is 1.60. The third kappa shape index (κ3) is 2.89. The molecule has 0 saturated heterocycles. The predicted octanol–water partition coefficient (Wildman–Crippen LogP) is 3.84. The topological polar surface area (TPSA) is 21.3 Å². The zero-order chi connectivity index (χ0) is 13.9. The van der Waals surface area contributed by atoms with Crippen molar-refractivity contribution in [1.82, 2.24) is 5.32 Å². The van der Waals surface area contributed by atoms with Crippen LogP contribution in [0.25, 0.3) is 0 Å². The Bertz CT molecular complexity index is 582. The van der Waals surface area contributed by atoms with E-state index < -0.39 is 0 Å². The highest BCUT2D eigenvalue weighted by molar-refractivity contribution is 7.12. The van der Waals surface area contributed by atoms with E-state index in [4.69, 9.17) is 4.74 Å². The summed E-state index contributed by atoms with van der Waals surface area (Å²) in [5.74, 6) is 0.969. The van der Waals surface area contributed by atoms with Crippen LogP contribution < -0.4 is 10.1 Å². The molecule has 0 saturated carbocycles. The van der Waals surface area contributed by atoms with Crippen molar-refractivity contribution in [3.8, 4) is 5.75 Å². The van der Waals surface area contributed by atoms with Gasteiger partial charge in [0.15, 0.2) is 0 Å². The summed E-state index contributed by atoms with van der Waals surface area (Å²) in [6.45, 7) is 3.93. The van der Waals surface area contributed by atoms with Crippen LogP contribution in [0.5, 0.6) is 5.75 Å². The summed E-state index contributed by atoms with van der Waals surface area (Å²) in [7, 11) is 1.73. The van der Waals surface area contributed by atoms with E-state index in [9.17, 15) is 0 Å². The van der Waals surface area contributed by atoms with Crippen molar-refractivity contribution in [2.75, 3.05) is 7.11 Å². The molecule has 0 amide bonds. The molecular weight excluding hydrogens is 266 g/mol. The number of hydrogen-bond donors (Lipinski definition) is 1. The van der Waals surface area contributed by atoms with Gasteiger partial charge in [-0.1, -0.05) is 17.7 Å². The zero-order valence-corrected chi connectivity index (χ0v) is 13.0. The highest BCUT2D eigenvalue weighted by Gasteiger charge is 2.14. The van der Waals surface area contributed by atoms with Gasteiger partial charge in [-0.2, -0.15) is 0 Å². The van der Waals surface area contributed by atoms with Gasteiger partial charge in [-0.3, -0.25) is 0 Å². The third-order valence-electron chi connectivity index (χ3n) is 3.85. The van der Waals surface area contributed by atoms with Gasteiger partial charge in [0.25, 0.3) is 0 Å². The molecule has 0 spiro atoms. The number of nitrogens with one attached hydrogen (secondary N) is 1. The van der Waals surface area contributed by atoms with E-state index in [1.54, 1.807) is 17.6 Å². The molecule has 106 valence electrons. The minimum atomic E-state index is 0.855. The molecule has 0 unspecified atom stereocenters. The van der Waals surface area contributed by atoms with Crippen LogP contribution in [0, 0.1) is 6.92 Å². The molecule has 2 nitrogen and oxygen atoms in total. The number of hydrogen-bond acceptors (Lipinski definition) is 3. The van der Waals surface area contributed by atoms with Gasteiger partial charge in [-0.15, -0.1) is 11.3 Å². The molecule has 20 heavy (non-hydrogen) atoms. The lowest BCUT2D eigenvalue weighted by Crippen LogP contribution is -2.12. The van der Waals surface area contributed by atoms with Crippen molar-refractivity contribution in [3.63, 3.8) is 0 Å². The number of methoxy groups -OCH3 is 1. The summed E-state index contributed by atoms with van der Waals surface area (Å²) in [6.07, 6.45) is 3.90. The van der Waals surface area contributed by atoms with Crippen LogP contribution in [-0.2, 0) is 25.9 Å². The Kier molecular flexibility index (Phi) is 4.08. The Labute approximate surface area is 124 Å². The van der Waals surface area contributed by atoms with Crippen LogP contribution in [0.3, 0.4) is 0 Å². The maximum Gasteiger partial charge on any atom is 0.123 e. The Hall–Kier alpha value is -1.32. The quantitative estimate of drug-likeness (QED) is 0.902. The molecular formula is C17H21NOS. The molecule has 0 atom stereocenters. The maximum absolute atomic E-state index is 5.42. The van der Waals surface area contributed by atoms with Gasteiger partial charge >= 0.3 is 0 Å². The lowest BCUT2D eigenvalue weighted by atomic mass is 10.1. The van der Waals surface area contributed by atoms with Crippen molar-refractivity contribution >= 4 is 11.3 Å². The second kappa shape index (κ2) is 5.98. The number of ether oxygens (including phenoxy) is 1. The van der Waals surface area contributed by atoms with Gasteiger partial charge < -0.3 is 10.1 Å². The molecule has 0 fully saturated rings. The molecule has 1 N–H and O–H groups in total. The van der Waals surface area contributed by atoms with Gasteiger partial charge in [0.05, 0.1) is 7.11 Å². The fourth-order valence-corrected chi connectivity index (χ4v) is 4.07. The molecule has 1 heterocycles. The molecule has 3 rings (SSSR count). The smallest absolute Gasteiger partial charge is 0.123 e. The van der Waals surface area contributed by atoms with E-state index in [1.807, 2.05) is 17.4 Å². The molecule has 1 aromatic carbocycles. The summed E-state index contributed by atoms with van der Waals surface area (Å²) < 4.78 is 5.42. The van der Waals surface area contributed by atoms with Crippen molar-refractivity contribution < 1.29 is 4.74 Å². The Morgan fingerprint density at radius 1 is 1.20 bits per heavy atom. The minimum absolute atomic E-state index is 0.855. The maximum atomic E-state index is 5.42. The van der Waals surface area contributed by atoms with E-state index in [1.165, 1.54) is 35.3 Å². The predicted molar refractivity (Wildman–Crippen MR) is 84.6 cm³/mol. The number of thiophene rings is 1. The summed E-state index contributed by atoms with van der Waals surface area (Å²) in [5.41, 5.74) is 4.09. The van der Waals surface area contributed by atoms with Crippen LogP contribution in [0.4, 0.5) is 0 Å². The average Bonchev–Trinajstić information content (AvgIpc) is 3.00. The summed E-state index contributed by atoms with van der Waals surface area (Å²) in [5, 5.41) is 3.54. The highest BCUT2D eigenvalue weighted by Crippen LogP contribution is 2.30. The van der Waals surface area contributed by atoms with Gasteiger partial charge in [0.2, 0.25) is 0 Å². The first kappa shape index (κ1) is 13.7. The van der Waals surface area contributed by atoms with E-state index in [-0.39, 0.29) is 0 Å². The van der Waals surface area contributed by atoms with Crippen LogP contribution in [0.2, 0.25) is 0 Å². The fourth-order valence-electron chi connectivity index (χ4n) is 2.84. The Morgan fingerprint density at radius 2 is 2.10 bits per heavy atom. The van der Waals surface area contributed by atoms with E-state index >= 15 is 0 Å². The molecule has 0 aliphatic heterocycles. The van der Waals surface area contributed by atoms with E-state index in [0.717, 1.165) is 18.8 Å². The summed E-state index contributed by atoms with van der Waals surface area (Å²) in [6, 6.07) is 8.71. The summed E-state index contributed by atoms with van der Waals surface area (Å²) >= 11 is 1.98. The van der Waals surface area contributed by atoms with Crippen molar-refractivity contribution in [1.29, 1.82) is 0 Å². The van der Waals surface area contributed by atoms with Crippen LogP contribution in [0.15, 0.2) is 24.3 Å². The van der Waals surface area contributed by atoms with Gasteiger partial charge in [-0.25, -0.2) is 0 Å². The molecule has 1 aliphatic carbocycles. The molecule has 3 heteroatoms. The van der Waals surface area contributed by atoms with Gasteiger partial charge in [0.1, 0.15) is 5.75 Å². The number of rotatable bonds is 5. The van der Waals surface area contributed by atoms with Crippen LogP contribution in [-0.4, -0.2) is 7.11 Å². The second-order valence-electron chi connectivity index (χ2n) is 5.43. The molecule has 1 aliphatic rings. The normalized spacial score (nSPS) is 13.5. The zero-order valence-electron chi connectivity index (χ0n) is 12.2. The second-order valence-corrected chi connectivity index (χ2v) is 6.65. The van der Waals surface area contributed by atoms with Crippen molar-refractivity contribution in [2.24, 2.45) is 0 Å². The number of fused-ring (bicyclic) bond motifs is 1. The fraction of sp³-hybridized carbons (Fsp3) is 0.412. The highest BCUT2D eigenvalue weighted by atomic mass is 32.1. The van der Waals surface area contributed by atoms with Crippen LogP contribution >= 0.6 is 11.3 Å². The van der Waals surface area contributed by atoms with Crippen molar-refractivity contribution in [2.45, 2.75) is 39.3 Å². The van der Waals surface area contributed by atoms with Gasteiger partial charge in [0, 0.05) is 28.4 Å². The summed E-state index contributed by atoms with van der Waals surface area (Å²) in [4.78, 5) is 3.07. The minimum Gasteiger partial charge on any atom is -0.496 e. The van der Waals surface area contributed by atoms with E-state index in [0.29, 0.717) is 0 Å². The molecule has 1 aromatic heterocycles. The lowest BCUT2D eigenvalue weighted by Gasteiger charge is -2.10. The lowest BCUT2D eigenvalue weighted by molar-refractivity contribution is 0.407. The van der Waals surface area contributed by atoms with E-state index in [2.05, 4.69) is 30.4 Å². The first-order valence-corrected chi connectivity index (χ1v) is 8.02. The average molecular weight is 287 g/mol. The Morgan fingerprint density at radius 3 is 2.90 bits per heavy atom. The van der Waals surface area contributed by atoms with Gasteiger partial charge in [-0.05, 0) is 43.9 Å². The first-order valence-electron chi connectivity index (χ1n) is 7.21. The third-order valence-corrected chi connectivity index (χ3v) is 5.09. The standard InChI is InChI=1S/C17H21NOS/c1-12-6-7-16(19-2)14(8-12)10-18-11-15-9-13-4-3-5-17(13)20-15/h6-9,18H,3-5,10-11H2,1-2H3. The SMILES string of the molecule is COc1ccc(C)cc1CNCc1cc2c(s1)CCC2. The van der Waals surface area contributed by atoms with Crippen LogP contribution in [0.1, 0.15) is 32.9 Å².